The quantitative estimate of drug-likeness (QED) is 0.892. The molecule has 5 nitrogen and oxygen atoms in total. The summed E-state index contributed by atoms with van der Waals surface area (Å²) in [5.74, 6) is 0.843. The molecule has 0 spiro atoms. The Kier molecular flexibility index (Phi) is 2.71. The van der Waals surface area contributed by atoms with E-state index in [0.29, 0.717) is 18.0 Å². The summed E-state index contributed by atoms with van der Waals surface area (Å²) in [4.78, 5) is 17.4. The van der Waals surface area contributed by atoms with Crippen LogP contribution in [0.3, 0.4) is 0 Å². The van der Waals surface area contributed by atoms with E-state index in [4.69, 9.17) is 5.73 Å². The number of hydrogen-bond acceptors (Lipinski definition) is 3. The van der Waals surface area contributed by atoms with Crippen LogP contribution in [0.15, 0.2) is 29.3 Å². The first-order valence-electron chi connectivity index (χ1n) is 6.34. The van der Waals surface area contributed by atoms with E-state index in [1.165, 1.54) is 0 Å². The highest BCUT2D eigenvalue weighted by Gasteiger charge is 2.38. The summed E-state index contributed by atoms with van der Waals surface area (Å²) in [5.41, 5.74) is 7.19. The lowest BCUT2D eigenvalue weighted by Gasteiger charge is -2.25. The van der Waals surface area contributed by atoms with Gasteiger partial charge in [-0.3, -0.25) is 0 Å². The zero-order chi connectivity index (χ0) is 13.4. The number of carbonyl (C=O) groups is 1. The number of carbonyl (C=O) groups excluding carboxylic acids is 1. The third-order valence-corrected chi connectivity index (χ3v) is 3.59. The molecule has 2 N–H and O–H groups in total. The van der Waals surface area contributed by atoms with Crippen molar-refractivity contribution in [3.05, 3.63) is 35.4 Å². The van der Waals surface area contributed by atoms with Crippen LogP contribution in [0, 0.1) is 17.2 Å². The van der Waals surface area contributed by atoms with Gasteiger partial charge in [0.1, 0.15) is 11.9 Å². The van der Waals surface area contributed by atoms with E-state index >= 15 is 0 Å². The van der Waals surface area contributed by atoms with Gasteiger partial charge in [-0.05, 0) is 24.8 Å². The number of aliphatic imine (C=N–C) groups is 1. The Hall–Kier alpha value is -2.35. The van der Waals surface area contributed by atoms with Crippen molar-refractivity contribution in [2.45, 2.75) is 18.9 Å². The van der Waals surface area contributed by atoms with Gasteiger partial charge < -0.3 is 10.6 Å². The van der Waals surface area contributed by atoms with E-state index < -0.39 is 0 Å². The minimum atomic E-state index is -0.385. The van der Waals surface area contributed by atoms with E-state index in [1.807, 2.05) is 12.1 Å². The highest BCUT2D eigenvalue weighted by atomic mass is 16.2. The fourth-order valence-electron chi connectivity index (χ4n) is 2.43. The first-order chi connectivity index (χ1) is 9.20. The number of amidine groups is 1. The Bertz CT molecular complexity index is 598. The van der Waals surface area contributed by atoms with Crippen LogP contribution in [0.5, 0.6) is 0 Å². The number of rotatable bonds is 3. The third-order valence-electron chi connectivity index (χ3n) is 3.59. The molecule has 1 aromatic rings. The molecule has 1 heterocycles. The Morgan fingerprint density at radius 3 is 2.84 bits per heavy atom. The van der Waals surface area contributed by atoms with Crippen molar-refractivity contribution >= 4 is 11.9 Å². The summed E-state index contributed by atoms with van der Waals surface area (Å²) in [6.45, 7) is 0.674. The van der Waals surface area contributed by atoms with Crippen LogP contribution < -0.4 is 5.73 Å². The van der Waals surface area contributed by atoms with Crippen molar-refractivity contribution in [1.82, 2.24) is 4.90 Å². The summed E-state index contributed by atoms with van der Waals surface area (Å²) >= 11 is 0. The monoisotopic (exact) mass is 254 g/mol. The number of hydrogen-bond donors (Lipinski definition) is 1. The average Bonchev–Trinajstić information content (AvgIpc) is 3.17. The van der Waals surface area contributed by atoms with Crippen LogP contribution in [-0.4, -0.2) is 23.3 Å². The highest BCUT2D eigenvalue weighted by Crippen LogP contribution is 2.36. The second-order valence-electron chi connectivity index (χ2n) is 5.02. The predicted octanol–water partition coefficient (Wildman–Crippen LogP) is 1.80. The minimum Gasteiger partial charge on any atom is -0.385 e. The zero-order valence-electron chi connectivity index (χ0n) is 10.4. The first kappa shape index (κ1) is 11.7. The van der Waals surface area contributed by atoms with Crippen molar-refractivity contribution in [2.24, 2.45) is 16.6 Å². The summed E-state index contributed by atoms with van der Waals surface area (Å²) in [5, 5.41) is 9.18. The first-order valence-corrected chi connectivity index (χ1v) is 6.34. The lowest BCUT2D eigenvalue weighted by atomic mass is 9.99. The van der Waals surface area contributed by atoms with Crippen molar-refractivity contribution in [2.75, 3.05) is 6.54 Å². The van der Waals surface area contributed by atoms with Gasteiger partial charge >= 0.3 is 6.03 Å². The Labute approximate surface area is 111 Å². The number of nitrogens with zero attached hydrogens (tertiary/aromatic N) is 3. The van der Waals surface area contributed by atoms with E-state index in [0.717, 1.165) is 18.4 Å². The molecular formula is C14H14N4O. The van der Waals surface area contributed by atoms with E-state index in [1.54, 1.807) is 17.0 Å². The molecule has 0 saturated heterocycles. The highest BCUT2D eigenvalue weighted by molar-refractivity contribution is 6.03. The van der Waals surface area contributed by atoms with Gasteiger partial charge in [0.2, 0.25) is 0 Å². The fourth-order valence-corrected chi connectivity index (χ4v) is 2.43. The van der Waals surface area contributed by atoms with Gasteiger partial charge in [-0.25, -0.2) is 4.79 Å². The molecule has 2 aliphatic rings. The second-order valence-corrected chi connectivity index (χ2v) is 5.02. The van der Waals surface area contributed by atoms with Crippen LogP contribution in [-0.2, 0) is 0 Å². The summed E-state index contributed by atoms with van der Waals surface area (Å²) in [6, 6.07) is 8.70. The topological polar surface area (TPSA) is 82.5 Å². The number of benzene rings is 1. The van der Waals surface area contributed by atoms with Crippen LogP contribution in [0.1, 0.15) is 30.0 Å². The molecule has 1 fully saturated rings. The van der Waals surface area contributed by atoms with Crippen LogP contribution in [0.4, 0.5) is 4.79 Å². The molecule has 1 unspecified atom stereocenters. The van der Waals surface area contributed by atoms with E-state index in [-0.39, 0.29) is 17.9 Å². The van der Waals surface area contributed by atoms with Crippen molar-refractivity contribution in [3.63, 3.8) is 0 Å². The Morgan fingerprint density at radius 2 is 2.16 bits per heavy atom. The average molecular weight is 254 g/mol. The zero-order valence-corrected chi connectivity index (χ0v) is 10.4. The molecule has 0 radical (unpaired) electrons. The SMILES string of the molecule is N#Cc1ccccc1C1C(N)=NC(=O)N1CC1CC1. The van der Waals surface area contributed by atoms with Gasteiger partial charge in [-0.1, -0.05) is 18.2 Å². The lowest BCUT2D eigenvalue weighted by Crippen LogP contribution is -2.35. The molecule has 1 aromatic carbocycles. The Morgan fingerprint density at radius 1 is 1.42 bits per heavy atom. The van der Waals surface area contributed by atoms with Crippen molar-refractivity contribution in [1.29, 1.82) is 5.26 Å². The molecular weight excluding hydrogens is 240 g/mol. The number of nitrogens with two attached hydrogens (primary N) is 1. The molecule has 5 heteroatoms. The number of urea groups is 1. The number of amides is 2. The third kappa shape index (κ3) is 2.06. The van der Waals surface area contributed by atoms with Crippen molar-refractivity contribution in [3.8, 4) is 6.07 Å². The second kappa shape index (κ2) is 4.39. The van der Waals surface area contributed by atoms with Crippen LogP contribution in [0.25, 0.3) is 0 Å². The molecule has 96 valence electrons. The normalized spacial score (nSPS) is 22.3. The summed E-state index contributed by atoms with van der Waals surface area (Å²) in [6.07, 6.45) is 2.30. The largest absolute Gasteiger partial charge is 0.385 e. The van der Waals surface area contributed by atoms with Gasteiger partial charge in [-0.2, -0.15) is 10.3 Å². The molecule has 0 bridgehead atoms. The molecule has 1 aliphatic carbocycles. The molecule has 3 rings (SSSR count). The van der Waals surface area contributed by atoms with E-state index in [9.17, 15) is 10.1 Å². The molecule has 1 aliphatic heterocycles. The fraction of sp³-hybridized carbons (Fsp3) is 0.357. The smallest absolute Gasteiger partial charge is 0.346 e. The predicted molar refractivity (Wildman–Crippen MR) is 70.3 cm³/mol. The lowest BCUT2D eigenvalue weighted by molar-refractivity contribution is 0.204. The van der Waals surface area contributed by atoms with Crippen LogP contribution >= 0.6 is 0 Å². The molecule has 2 amide bonds. The van der Waals surface area contributed by atoms with Gasteiger partial charge in [0, 0.05) is 12.1 Å². The van der Waals surface area contributed by atoms with Gasteiger partial charge in [0.05, 0.1) is 11.6 Å². The minimum absolute atomic E-state index is 0.286. The summed E-state index contributed by atoms with van der Waals surface area (Å²) in [7, 11) is 0. The van der Waals surface area contributed by atoms with Gasteiger partial charge in [0.25, 0.3) is 0 Å². The van der Waals surface area contributed by atoms with Gasteiger partial charge in [-0.15, -0.1) is 0 Å². The standard InChI is InChI=1S/C14H14N4O/c15-7-10-3-1-2-4-11(10)12-13(16)17-14(19)18(12)8-9-5-6-9/h1-4,9,12H,5-6,8H2,(H2,16,17,19). The molecule has 0 aromatic heterocycles. The van der Waals surface area contributed by atoms with Gasteiger partial charge in [0.15, 0.2) is 0 Å². The molecule has 1 atom stereocenters. The summed E-state index contributed by atoms with van der Waals surface area (Å²) < 4.78 is 0. The maximum Gasteiger partial charge on any atom is 0.346 e. The van der Waals surface area contributed by atoms with Crippen molar-refractivity contribution < 1.29 is 4.79 Å². The molecule has 1 saturated carbocycles. The van der Waals surface area contributed by atoms with E-state index in [2.05, 4.69) is 11.1 Å². The number of nitriles is 1. The Balaban J connectivity index is 1.98. The maximum absolute atomic E-state index is 11.9. The molecule has 19 heavy (non-hydrogen) atoms. The van der Waals surface area contributed by atoms with Crippen LogP contribution in [0.2, 0.25) is 0 Å². The maximum atomic E-state index is 11.9.